The minimum Gasteiger partial charge on any atom is -0.459 e. The van der Waals surface area contributed by atoms with Gasteiger partial charge in [0.05, 0.1) is 12.3 Å². The van der Waals surface area contributed by atoms with Crippen LogP contribution in [0.25, 0.3) is 0 Å². The summed E-state index contributed by atoms with van der Waals surface area (Å²) < 4.78 is 18.8. The molecule has 0 spiro atoms. The van der Waals surface area contributed by atoms with Gasteiger partial charge in [0.2, 0.25) is 5.91 Å². The first-order valence-electron chi connectivity index (χ1n) is 10.4. The van der Waals surface area contributed by atoms with E-state index in [9.17, 15) is 14.0 Å². The molecule has 0 saturated heterocycles. The highest BCUT2D eigenvalue weighted by Gasteiger charge is 2.35. The molecule has 2 aromatic heterocycles. The second kappa shape index (κ2) is 9.06. The molecule has 0 bridgehead atoms. The molecule has 5 nitrogen and oxygen atoms in total. The van der Waals surface area contributed by atoms with Crippen molar-refractivity contribution in [1.82, 2.24) is 9.80 Å². The van der Waals surface area contributed by atoms with Crippen LogP contribution in [-0.2, 0) is 11.2 Å². The average Bonchev–Trinajstić information content (AvgIpc) is 3.48. The van der Waals surface area contributed by atoms with Crippen LogP contribution in [0, 0.1) is 5.82 Å². The highest BCUT2D eigenvalue weighted by Crippen LogP contribution is 2.38. The van der Waals surface area contributed by atoms with Crippen LogP contribution in [0.5, 0.6) is 0 Å². The van der Waals surface area contributed by atoms with Crippen molar-refractivity contribution in [1.29, 1.82) is 0 Å². The second-order valence-electron chi connectivity index (χ2n) is 7.76. The SMILES string of the molecule is CCC(C)N(CC(=O)N1CCc2sccc2C1c1ccc(F)cc1)C(=O)c1ccco1. The predicted molar refractivity (Wildman–Crippen MR) is 117 cm³/mol. The Kier molecular flexibility index (Phi) is 6.23. The van der Waals surface area contributed by atoms with Crippen LogP contribution in [0.4, 0.5) is 4.39 Å². The van der Waals surface area contributed by atoms with E-state index in [2.05, 4.69) is 0 Å². The zero-order chi connectivity index (χ0) is 22.0. The molecule has 7 heteroatoms. The Balaban J connectivity index is 1.63. The fourth-order valence-corrected chi connectivity index (χ4v) is 4.92. The summed E-state index contributed by atoms with van der Waals surface area (Å²) in [5, 5.41) is 2.03. The van der Waals surface area contributed by atoms with Crippen LogP contribution in [0.1, 0.15) is 52.9 Å². The fraction of sp³-hybridized carbons (Fsp3) is 0.333. The number of thiophene rings is 1. The zero-order valence-electron chi connectivity index (χ0n) is 17.6. The van der Waals surface area contributed by atoms with Gasteiger partial charge in [-0.3, -0.25) is 9.59 Å². The van der Waals surface area contributed by atoms with Gasteiger partial charge in [0.1, 0.15) is 12.4 Å². The summed E-state index contributed by atoms with van der Waals surface area (Å²) in [5.41, 5.74) is 1.94. The lowest BCUT2D eigenvalue weighted by Gasteiger charge is -2.38. The number of fused-ring (bicyclic) bond motifs is 1. The summed E-state index contributed by atoms with van der Waals surface area (Å²) in [6, 6.07) is 11.2. The molecule has 1 aliphatic rings. The molecule has 3 heterocycles. The first-order valence-corrected chi connectivity index (χ1v) is 11.3. The number of hydrogen-bond donors (Lipinski definition) is 0. The Hall–Kier alpha value is -2.93. The van der Waals surface area contributed by atoms with Gasteiger partial charge < -0.3 is 14.2 Å². The van der Waals surface area contributed by atoms with Crippen LogP contribution in [0.2, 0.25) is 0 Å². The molecule has 2 unspecified atom stereocenters. The van der Waals surface area contributed by atoms with Gasteiger partial charge in [0.25, 0.3) is 5.91 Å². The van der Waals surface area contributed by atoms with Gasteiger partial charge in [-0.2, -0.15) is 0 Å². The molecule has 1 aromatic carbocycles. The van der Waals surface area contributed by atoms with E-state index in [0.29, 0.717) is 6.54 Å². The fourth-order valence-electron chi connectivity index (χ4n) is 4.02. The second-order valence-corrected chi connectivity index (χ2v) is 8.76. The van der Waals surface area contributed by atoms with Gasteiger partial charge in [-0.1, -0.05) is 19.1 Å². The van der Waals surface area contributed by atoms with E-state index in [1.807, 2.05) is 30.2 Å². The minimum atomic E-state index is -0.310. The van der Waals surface area contributed by atoms with Crippen molar-refractivity contribution in [3.05, 3.63) is 81.7 Å². The van der Waals surface area contributed by atoms with Crippen LogP contribution in [0.3, 0.4) is 0 Å². The van der Waals surface area contributed by atoms with E-state index in [-0.39, 0.29) is 42.0 Å². The van der Waals surface area contributed by atoms with Gasteiger partial charge in [0.15, 0.2) is 5.76 Å². The number of carbonyl (C=O) groups excluding carboxylic acids is 2. The maximum atomic E-state index is 13.5. The first-order chi connectivity index (χ1) is 15.0. The van der Waals surface area contributed by atoms with Gasteiger partial charge >= 0.3 is 0 Å². The van der Waals surface area contributed by atoms with E-state index in [1.165, 1.54) is 23.3 Å². The van der Waals surface area contributed by atoms with E-state index >= 15 is 0 Å². The Labute approximate surface area is 185 Å². The highest BCUT2D eigenvalue weighted by atomic mass is 32.1. The van der Waals surface area contributed by atoms with E-state index < -0.39 is 0 Å². The molecule has 0 N–H and O–H groups in total. The zero-order valence-corrected chi connectivity index (χ0v) is 18.4. The molecular formula is C24H25FN2O3S. The molecule has 0 radical (unpaired) electrons. The van der Waals surface area contributed by atoms with Gasteiger partial charge in [0, 0.05) is 17.5 Å². The molecule has 0 aliphatic carbocycles. The largest absolute Gasteiger partial charge is 0.459 e. The van der Waals surface area contributed by atoms with Crippen molar-refractivity contribution in [2.45, 2.75) is 38.8 Å². The van der Waals surface area contributed by atoms with E-state index in [0.717, 1.165) is 24.0 Å². The summed E-state index contributed by atoms with van der Waals surface area (Å²) in [4.78, 5) is 31.1. The van der Waals surface area contributed by atoms with Crippen LogP contribution >= 0.6 is 11.3 Å². The number of carbonyl (C=O) groups is 2. The lowest BCUT2D eigenvalue weighted by Crippen LogP contribution is -2.49. The van der Waals surface area contributed by atoms with Crippen molar-refractivity contribution in [3.63, 3.8) is 0 Å². The van der Waals surface area contributed by atoms with Crippen molar-refractivity contribution < 1.29 is 18.4 Å². The minimum absolute atomic E-state index is 0.0360. The standard InChI is InChI=1S/C24H25FN2O3S/c1-3-16(2)27(24(29)20-5-4-13-30-20)15-22(28)26-12-10-21-19(11-14-31-21)23(26)17-6-8-18(25)9-7-17/h4-9,11,13-14,16,23H,3,10,12,15H2,1-2H3. The Morgan fingerprint density at radius 2 is 2.03 bits per heavy atom. The predicted octanol–water partition coefficient (Wildman–Crippen LogP) is 4.90. The lowest BCUT2D eigenvalue weighted by molar-refractivity contribution is -0.134. The number of furan rings is 1. The van der Waals surface area contributed by atoms with Crippen molar-refractivity contribution in [2.24, 2.45) is 0 Å². The van der Waals surface area contributed by atoms with Gasteiger partial charge in [-0.05, 0) is 66.6 Å². The third-order valence-corrected chi connectivity index (χ3v) is 6.89. The topological polar surface area (TPSA) is 53.8 Å². The molecular weight excluding hydrogens is 415 g/mol. The van der Waals surface area contributed by atoms with Crippen molar-refractivity contribution in [2.75, 3.05) is 13.1 Å². The summed E-state index contributed by atoms with van der Waals surface area (Å²) in [6.07, 6.45) is 2.94. The molecule has 1 aliphatic heterocycles. The highest BCUT2D eigenvalue weighted by molar-refractivity contribution is 7.10. The average molecular weight is 441 g/mol. The third-order valence-electron chi connectivity index (χ3n) is 5.89. The molecule has 3 aromatic rings. The normalized spacial score (nSPS) is 16.6. The quantitative estimate of drug-likeness (QED) is 0.548. The number of rotatable bonds is 6. The van der Waals surface area contributed by atoms with Crippen LogP contribution in [0.15, 0.2) is 58.5 Å². The first kappa shape index (κ1) is 21.3. The molecule has 0 fully saturated rings. The summed E-state index contributed by atoms with van der Waals surface area (Å²) in [5.74, 6) is -0.512. The monoisotopic (exact) mass is 440 g/mol. The van der Waals surface area contributed by atoms with Crippen LogP contribution < -0.4 is 0 Å². The van der Waals surface area contributed by atoms with E-state index in [1.54, 1.807) is 40.5 Å². The summed E-state index contributed by atoms with van der Waals surface area (Å²) in [7, 11) is 0. The number of nitrogens with zero attached hydrogens (tertiary/aromatic N) is 2. The Bertz CT molecular complexity index is 1050. The van der Waals surface area contributed by atoms with Crippen LogP contribution in [-0.4, -0.2) is 40.7 Å². The Morgan fingerprint density at radius 1 is 1.26 bits per heavy atom. The van der Waals surface area contributed by atoms with Gasteiger partial charge in [-0.15, -0.1) is 11.3 Å². The van der Waals surface area contributed by atoms with E-state index in [4.69, 9.17) is 4.42 Å². The molecule has 2 atom stereocenters. The third kappa shape index (κ3) is 4.28. The number of benzene rings is 1. The van der Waals surface area contributed by atoms with Crippen molar-refractivity contribution in [3.8, 4) is 0 Å². The number of hydrogen-bond acceptors (Lipinski definition) is 4. The number of amides is 2. The molecule has 2 amide bonds. The maximum Gasteiger partial charge on any atom is 0.290 e. The molecule has 162 valence electrons. The maximum absolute atomic E-state index is 13.5. The molecule has 31 heavy (non-hydrogen) atoms. The number of halogens is 1. The molecule has 4 rings (SSSR count). The smallest absolute Gasteiger partial charge is 0.290 e. The van der Waals surface area contributed by atoms with Crippen molar-refractivity contribution >= 4 is 23.2 Å². The Morgan fingerprint density at radius 3 is 2.71 bits per heavy atom. The molecule has 0 saturated carbocycles. The lowest BCUT2D eigenvalue weighted by atomic mass is 9.93. The van der Waals surface area contributed by atoms with Gasteiger partial charge in [-0.25, -0.2) is 4.39 Å². The summed E-state index contributed by atoms with van der Waals surface area (Å²) in [6.45, 7) is 4.43. The summed E-state index contributed by atoms with van der Waals surface area (Å²) >= 11 is 1.68.